The highest BCUT2D eigenvalue weighted by molar-refractivity contribution is 7.07. The molecule has 1 aromatic carbocycles. The molecule has 2 rings (SSSR count). The van der Waals surface area contributed by atoms with Gasteiger partial charge in [-0.1, -0.05) is 34.5 Å². The van der Waals surface area contributed by atoms with Crippen LogP contribution >= 0.6 is 11.5 Å². The van der Waals surface area contributed by atoms with Crippen molar-refractivity contribution in [1.82, 2.24) is 14.5 Å². The highest BCUT2D eigenvalue weighted by Gasteiger charge is 2.15. The summed E-state index contributed by atoms with van der Waals surface area (Å²) >= 11 is 1.08. The zero-order valence-electron chi connectivity index (χ0n) is 11.6. The molecule has 0 unspecified atom stereocenters. The molecule has 0 aliphatic rings. The lowest BCUT2D eigenvalue weighted by molar-refractivity contribution is 0.0789. The Morgan fingerprint density at radius 1 is 1.43 bits per heavy atom. The van der Waals surface area contributed by atoms with Gasteiger partial charge in [-0.15, -0.1) is 5.10 Å². The summed E-state index contributed by atoms with van der Waals surface area (Å²) in [6.45, 7) is 0.507. The Labute approximate surface area is 127 Å². The van der Waals surface area contributed by atoms with E-state index in [4.69, 9.17) is 5.11 Å². The molecular formula is C15H15N3O2S. The maximum Gasteiger partial charge on any atom is 0.267 e. The van der Waals surface area contributed by atoms with Gasteiger partial charge in [0.2, 0.25) is 0 Å². The second-order valence-corrected chi connectivity index (χ2v) is 5.16. The van der Waals surface area contributed by atoms with E-state index in [0.717, 1.165) is 22.7 Å². The zero-order chi connectivity index (χ0) is 15.1. The minimum absolute atomic E-state index is 0.0476. The lowest BCUT2D eigenvalue weighted by Gasteiger charge is -2.16. The summed E-state index contributed by atoms with van der Waals surface area (Å²) in [5.41, 5.74) is 1.84. The predicted molar refractivity (Wildman–Crippen MR) is 80.7 cm³/mol. The monoisotopic (exact) mass is 301 g/mol. The van der Waals surface area contributed by atoms with Crippen LogP contribution in [0.3, 0.4) is 0 Å². The summed E-state index contributed by atoms with van der Waals surface area (Å²) < 4.78 is 3.70. The smallest absolute Gasteiger partial charge is 0.267 e. The fourth-order valence-corrected chi connectivity index (χ4v) is 2.28. The molecule has 0 aliphatic heterocycles. The molecule has 2 aromatic rings. The second-order valence-electron chi connectivity index (χ2n) is 4.38. The lowest BCUT2D eigenvalue weighted by atomic mass is 10.1. The Morgan fingerprint density at radius 2 is 2.24 bits per heavy atom. The van der Waals surface area contributed by atoms with E-state index in [-0.39, 0.29) is 12.5 Å². The number of carbonyl (C=O) groups is 1. The molecule has 1 amide bonds. The van der Waals surface area contributed by atoms with Crippen LogP contribution in [0, 0.1) is 11.8 Å². The van der Waals surface area contributed by atoms with Crippen molar-refractivity contribution in [1.29, 1.82) is 0 Å². The van der Waals surface area contributed by atoms with Crippen molar-refractivity contribution in [2.75, 3.05) is 13.7 Å². The Hall–Kier alpha value is -2.23. The first kappa shape index (κ1) is 15.2. The molecule has 1 N–H and O–H groups in total. The Balaban J connectivity index is 2.12. The van der Waals surface area contributed by atoms with Gasteiger partial charge < -0.3 is 10.0 Å². The predicted octanol–water partition coefficient (Wildman–Crippen LogP) is 1.54. The van der Waals surface area contributed by atoms with Gasteiger partial charge in [0.1, 0.15) is 4.88 Å². The van der Waals surface area contributed by atoms with E-state index >= 15 is 0 Å². The summed E-state index contributed by atoms with van der Waals surface area (Å²) in [5, 5.41) is 12.4. The van der Waals surface area contributed by atoms with Crippen LogP contribution in [-0.4, -0.2) is 39.2 Å². The molecule has 1 heterocycles. The quantitative estimate of drug-likeness (QED) is 0.870. The highest BCUT2D eigenvalue weighted by Crippen LogP contribution is 2.13. The van der Waals surface area contributed by atoms with Crippen LogP contribution in [0.4, 0.5) is 0 Å². The number of benzene rings is 1. The number of rotatable bonds is 4. The maximum absolute atomic E-state index is 12.2. The van der Waals surface area contributed by atoms with Crippen LogP contribution in [0.25, 0.3) is 0 Å². The van der Waals surface area contributed by atoms with Crippen molar-refractivity contribution in [3.63, 3.8) is 0 Å². The van der Waals surface area contributed by atoms with E-state index in [9.17, 15) is 4.79 Å². The van der Waals surface area contributed by atoms with Gasteiger partial charge in [-0.05, 0) is 23.2 Å². The highest BCUT2D eigenvalue weighted by atomic mass is 32.1. The van der Waals surface area contributed by atoms with Gasteiger partial charge in [-0.25, -0.2) is 0 Å². The van der Waals surface area contributed by atoms with Crippen molar-refractivity contribution >= 4 is 17.4 Å². The third-order valence-electron chi connectivity index (χ3n) is 2.80. The third kappa shape index (κ3) is 4.12. The zero-order valence-corrected chi connectivity index (χ0v) is 12.4. The third-order valence-corrected chi connectivity index (χ3v) is 3.46. The minimum Gasteiger partial charge on any atom is -0.395 e. The molecule has 0 spiro atoms. The minimum atomic E-state index is -0.108. The van der Waals surface area contributed by atoms with Crippen molar-refractivity contribution in [2.24, 2.45) is 0 Å². The van der Waals surface area contributed by atoms with E-state index in [1.807, 2.05) is 24.3 Å². The average Bonchev–Trinajstić information content (AvgIpc) is 3.02. The van der Waals surface area contributed by atoms with Crippen LogP contribution in [0.1, 0.15) is 27.2 Å². The fourth-order valence-electron chi connectivity index (χ4n) is 1.77. The lowest BCUT2D eigenvalue weighted by Crippen LogP contribution is -2.25. The van der Waals surface area contributed by atoms with Gasteiger partial charge in [0.15, 0.2) is 0 Å². The van der Waals surface area contributed by atoms with Crippen LogP contribution in [0.15, 0.2) is 30.5 Å². The summed E-state index contributed by atoms with van der Waals surface area (Å²) in [7, 11) is 1.74. The largest absolute Gasteiger partial charge is 0.395 e. The standard InChI is InChI=1S/C15H15N3O2S/c1-18(15(20)14-10-16-17-21-14)11-13-8-3-2-6-12(13)7-4-5-9-19/h2-3,6,8,10,19H,5,9,11H2,1H3. The number of aliphatic hydroxyl groups excluding tert-OH is 1. The van der Waals surface area contributed by atoms with Crippen molar-refractivity contribution in [3.05, 3.63) is 46.5 Å². The summed E-state index contributed by atoms with van der Waals surface area (Å²) in [5.74, 6) is 5.82. The van der Waals surface area contributed by atoms with Gasteiger partial charge in [0, 0.05) is 25.6 Å². The molecule has 0 bridgehead atoms. The molecule has 21 heavy (non-hydrogen) atoms. The Kier molecular flexibility index (Phi) is 5.43. The van der Waals surface area contributed by atoms with Crippen molar-refractivity contribution < 1.29 is 9.90 Å². The molecule has 1 aromatic heterocycles. The van der Waals surface area contributed by atoms with E-state index in [2.05, 4.69) is 21.4 Å². The van der Waals surface area contributed by atoms with E-state index in [0.29, 0.717) is 17.8 Å². The number of aromatic nitrogens is 2. The molecule has 5 nitrogen and oxygen atoms in total. The normalized spacial score (nSPS) is 9.81. The molecule has 0 saturated heterocycles. The Bertz CT molecular complexity index is 659. The molecule has 0 saturated carbocycles. The Morgan fingerprint density at radius 3 is 2.95 bits per heavy atom. The van der Waals surface area contributed by atoms with Crippen LogP contribution in [-0.2, 0) is 6.54 Å². The molecule has 0 aliphatic carbocycles. The maximum atomic E-state index is 12.2. The van der Waals surface area contributed by atoms with E-state index in [1.54, 1.807) is 11.9 Å². The fraction of sp³-hybridized carbons (Fsp3) is 0.267. The first-order valence-electron chi connectivity index (χ1n) is 6.43. The summed E-state index contributed by atoms with van der Waals surface area (Å²) in [4.78, 5) is 14.3. The van der Waals surface area contributed by atoms with Gasteiger partial charge >= 0.3 is 0 Å². The number of aliphatic hydroxyl groups is 1. The number of hydrogen-bond donors (Lipinski definition) is 1. The van der Waals surface area contributed by atoms with Gasteiger partial charge in [0.25, 0.3) is 5.91 Å². The number of carbonyl (C=O) groups excluding carboxylic acids is 1. The number of nitrogens with zero attached hydrogens (tertiary/aromatic N) is 3. The SMILES string of the molecule is CN(Cc1ccccc1C#CCCO)C(=O)c1cnns1. The molecular weight excluding hydrogens is 286 g/mol. The second kappa shape index (κ2) is 7.53. The molecule has 108 valence electrons. The van der Waals surface area contributed by atoms with Crippen LogP contribution in [0.2, 0.25) is 0 Å². The topological polar surface area (TPSA) is 66.3 Å². The molecule has 0 radical (unpaired) electrons. The molecule has 6 heteroatoms. The van der Waals surface area contributed by atoms with Gasteiger partial charge in [-0.3, -0.25) is 4.79 Å². The van der Waals surface area contributed by atoms with Crippen molar-refractivity contribution in [2.45, 2.75) is 13.0 Å². The number of hydrogen-bond acceptors (Lipinski definition) is 5. The van der Waals surface area contributed by atoms with E-state index in [1.165, 1.54) is 6.20 Å². The first-order chi connectivity index (χ1) is 10.2. The molecule has 0 fully saturated rings. The van der Waals surface area contributed by atoms with Gasteiger partial charge in [-0.2, -0.15) is 0 Å². The van der Waals surface area contributed by atoms with Gasteiger partial charge in [0.05, 0.1) is 12.8 Å². The van der Waals surface area contributed by atoms with E-state index < -0.39 is 0 Å². The summed E-state index contributed by atoms with van der Waals surface area (Å²) in [6, 6.07) is 7.67. The average molecular weight is 301 g/mol. The van der Waals surface area contributed by atoms with Crippen molar-refractivity contribution in [3.8, 4) is 11.8 Å². The van der Waals surface area contributed by atoms with Crippen LogP contribution < -0.4 is 0 Å². The summed E-state index contributed by atoms with van der Waals surface area (Å²) in [6.07, 6.45) is 1.91. The first-order valence-corrected chi connectivity index (χ1v) is 7.20. The van der Waals surface area contributed by atoms with Crippen LogP contribution in [0.5, 0.6) is 0 Å². The number of amides is 1. The molecule has 0 atom stereocenters.